The monoisotopic (exact) mass is 368 g/mol. The maximum atomic E-state index is 13.2. The molecule has 1 saturated carbocycles. The Labute approximate surface area is 160 Å². The van der Waals surface area contributed by atoms with Crippen LogP contribution in [-0.4, -0.2) is 57.0 Å². The van der Waals surface area contributed by atoms with Crippen LogP contribution in [-0.2, 0) is 6.54 Å². The molecule has 7 nitrogen and oxygen atoms in total. The van der Waals surface area contributed by atoms with Crippen LogP contribution >= 0.6 is 0 Å². The molecule has 0 radical (unpaired) electrons. The lowest BCUT2D eigenvalue weighted by atomic mass is 10.0. The summed E-state index contributed by atoms with van der Waals surface area (Å²) in [5, 5.41) is 12.7. The third-order valence-electron chi connectivity index (χ3n) is 5.73. The summed E-state index contributed by atoms with van der Waals surface area (Å²) in [5.74, 6) is 1.57. The van der Waals surface area contributed by atoms with Crippen molar-refractivity contribution < 1.29 is 4.79 Å². The second kappa shape index (κ2) is 7.66. The third-order valence-corrected chi connectivity index (χ3v) is 5.73. The molecule has 0 bridgehead atoms. The molecule has 3 heterocycles. The van der Waals surface area contributed by atoms with Crippen LogP contribution in [0.4, 0.5) is 5.82 Å². The zero-order chi connectivity index (χ0) is 18.8. The van der Waals surface area contributed by atoms with E-state index in [0.717, 1.165) is 50.3 Å². The number of hydrogen-bond donors (Lipinski definition) is 0. The second-order valence-corrected chi connectivity index (χ2v) is 7.66. The lowest BCUT2D eigenvalue weighted by molar-refractivity contribution is 0.0711. The zero-order valence-corrected chi connectivity index (χ0v) is 16.2. The van der Waals surface area contributed by atoms with Crippen LogP contribution < -0.4 is 4.90 Å². The van der Waals surface area contributed by atoms with Crippen LogP contribution in [0, 0.1) is 0 Å². The smallest absolute Gasteiger partial charge is 0.257 e. The van der Waals surface area contributed by atoms with E-state index in [0.29, 0.717) is 12.0 Å². The van der Waals surface area contributed by atoms with Gasteiger partial charge in [-0.2, -0.15) is 10.2 Å². The molecule has 2 aromatic rings. The maximum absolute atomic E-state index is 13.2. The van der Waals surface area contributed by atoms with Crippen molar-refractivity contribution in [3.05, 3.63) is 35.8 Å². The Balaban J connectivity index is 1.42. The normalized spacial score (nSPS) is 17.9. The number of carbonyl (C=O) groups excluding carboxylic acids is 1. The van der Waals surface area contributed by atoms with Crippen LogP contribution in [0.1, 0.15) is 61.0 Å². The van der Waals surface area contributed by atoms with Gasteiger partial charge < -0.3 is 9.80 Å². The number of aromatic nitrogens is 4. The highest BCUT2D eigenvalue weighted by molar-refractivity contribution is 5.95. The minimum atomic E-state index is 0.153. The van der Waals surface area contributed by atoms with E-state index in [1.165, 1.54) is 18.5 Å². The summed E-state index contributed by atoms with van der Waals surface area (Å²) >= 11 is 0. The molecular formula is C20H28N6O. The number of amides is 1. The number of aryl methyl sites for hydroxylation is 1. The van der Waals surface area contributed by atoms with E-state index >= 15 is 0 Å². The first-order chi connectivity index (χ1) is 13.2. The lowest BCUT2D eigenvalue weighted by Crippen LogP contribution is -2.46. The average molecular weight is 368 g/mol. The molecule has 0 aromatic carbocycles. The molecule has 0 spiro atoms. The number of rotatable bonds is 6. The van der Waals surface area contributed by atoms with Crippen molar-refractivity contribution >= 4 is 11.7 Å². The van der Waals surface area contributed by atoms with Crippen LogP contribution in [0.2, 0.25) is 0 Å². The molecule has 1 aliphatic heterocycles. The van der Waals surface area contributed by atoms with Gasteiger partial charge in [-0.15, -0.1) is 5.10 Å². The predicted molar refractivity (Wildman–Crippen MR) is 104 cm³/mol. The molecule has 7 heteroatoms. The highest BCUT2D eigenvalue weighted by Gasteiger charge is 2.34. The first kappa shape index (κ1) is 17.9. The van der Waals surface area contributed by atoms with E-state index in [-0.39, 0.29) is 5.91 Å². The quantitative estimate of drug-likeness (QED) is 0.784. The van der Waals surface area contributed by atoms with Gasteiger partial charge in [-0.25, -0.2) is 0 Å². The van der Waals surface area contributed by atoms with Crippen molar-refractivity contribution in [2.24, 2.45) is 0 Å². The van der Waals surface area contributed by atoms with E-state index in [1.54, 1.807) is 12.4 Å². The molecule has 2 aromatic heterocycles. The standard InChI is InChI=1S/C20H28N6O/c1-3-11-26-19(15-6-7-15)17(14-22-26)20(27)25-12-8-16(9-13-25)24(2)18-5-4-10-21-23-18/h4-5,10,14-16H,3,6-9,11-13H2,1-2H3. The van der Waals surface area contributed by atoms with Gasteiger partial charge in [0.1, 0.15) is 0 Å². The van der Waals surface area contributed by atoms with Crippen molar-refractivity contribution in [3.8, 4) is 0 Å². The Morgan fingerprint density at radius 2 is 2.04 bits per heavy atom. The van der Waals surface area contributed by atoms with Crippen LogP contribution in [0.3, 0.4) is 0 Å². The minimum Gasteiger partial charge on any atom is -0.355 e. The molecule has 2 fully saturated rings. The maximum Gasteiger partial charge on any atom is 0.257 e. The Morgan fingerprint density at radius 3 is 2.67 bits per heavy atom. The largest absolute Gasteiger partial charge is 0.355 e. The Bertz CT molecular complexity index is 777. The number of piperidine rings is 1. The summed E-state index contributed by atoms with van der Waals surface area (Å²) in [6.45, 7) is 4.59. The lowest BCUT2D eigenvalue weighted by Gasteiger charge is -2.37. The third kappa shape index (κ3) is 3.68. The minimum absolute atomic E-state index is 0.153. The number of anilines is 1. The fourth-order valence-electron chi connectivity index (χ4n) is 4.03. The fourth-order valence-corrected chi connectivity index (χ4v) is 4.03. The average Bonchev–Trinajstić information content (AvgIpc) is 3.48. The number of nitrogens with zero attached hydrogens (tertiary/aromatic N) is 6. The van der Waals surface area contributed by atoms with Gasteiger partial charge in [-0.3, -0.25) is 9.48 Å². The summed E-state index contributed by atoms with van der Waals surface area (Å²) < 4.78 is 2.06. The van der Waals surface area contributed by atoms with E-state index in [2.05, 4.69) is 38.8 Å². The first-order valence-corrected chi connectivity index (χ1v) is 10.0. The molecular weight excluding hydrogens is 340 g/mol. The summed E-state index contributed by atoms with van der Waals surface area (Å²) in [6, 6.07) is 4.27. The van der Waals surface area contributed by atoms with Gasteiger partial charge in [0.15, 0.2) is 5.82 Å². The topological polar surface area (TPSA) is 67.2 Å². The Hall–Kier alpha value is -2.44. The van der Waals surface area contributed by atoms with Gasteiger partial charge in [0.2, 0.25) is 0 Å². The van der Waals surface area contributed by atoms with Crippen LogP contribution in [0.15, 0.2) is 24.5 Å². The van der Waals surface area contributed by atoms with Gasteiger partial charge in [-0.05, 0) is 44.2 Å². The molecule has 1 saturated heterocycles. The number of hydrogen-bond acceptors (Lipinski definition) is 5. The van der Waals surface area contributed by atoms with Gasteiger partial charge in [0.05, 0.1) is 17.5 Å². The fraction of sp³-hybridized carbons (Fsp3) is 0.600. The molecule has 27 heavy (non-hydrogen) atoms. The molecule has 0 unspecified atom stereocenters. The van der Waals surface area contributed by atoms with Crippen molar-refractivity contribution in [3.63, 3.8) is 0 Å². The molecule has 144 valence electrons. The molecule has 0 atom stereocenters. The van der Waals surface area contributed by atoms with Gasteiger partial charge in [0, 0.05) is 44.8 Å². The highest BCUT2D eigenvalue weighted by Crippen LogP contribution is 2.42. The summed E-state index contributed by atoms with van der Waals surface area (Å²) in [7, 11) is 2.06. The molecule has 1 aliphatic carbocycles. The Morgan fingerprint density at radius 1 is 1.26 bits per heavy atom. The molecule has 4 rings (SSSR count). The second-order valence-electron chi connectivity index (χ2n) is 7.66. The van der Waals surface area contributed by atoms with Crippen molar-refractivity contribution in [1.82, 2.24) is 24.9 Å². The number of carbonyl (C=O) groups is 1. The molecule has 2 aliphatic rings. The van der Waals surface area contributed by atoms with Gasteiger partial charge in [0.25, 0.3) is 5.91 Å². The van der Waals surface area contributed by atoms with E-state index in [4.69, 9.17) is 0 Å². The van der Waals surface area contributed by atoms with Gasteiger partial charge in [-0.1, -0.05) is 6.92 Å². The SMILES string of the molecule is CCCn1ncc(C(=O)N2CCC(N(C)c3cccnn3)CC2)c1C1CC1. The summed E-state index contributed by atoms with van der Waals surface area (Å²) in [5.41, 5.74) is 1.99. The Kier molecular flexibility index (Phi) is 5.09. The van der Waals surface area contributed by atoms with Crippen molar-refractivity contribution in [2.45, 2.75) is 57.5 Å². The molecule has 0 N–H and O–H groups in total. The summed E-state index contributed by atoms with van der Waals surface area (Å²) in [4.78, 5) is 17.3. The highest BCUT2D eigenvalue weighted by atomic mass is 16.2. The van der Waals surface area contributed by atoms with E-state index < -0.39 is 0 Å². The zero-order valence-electron chi connectivity index (χ0n) is 16.2. The van der Waals surface area contributed by atoms with E-state index in [9.17, 15) is 4.79 Å². The van der Waals surface area contributed by atoms with Crippen LogP contribution in [0.25, 0.3) is 0 Å². The predicted octanol–water partition coefficient (Wildman–Crippen LogP) is 2.70. The molecule has 1 amide bonds. The van der Waals surface area contributed by atoms with Crippen molar-refractivity contribution in [1.29, 1.82) is 0 Å². The summed E-state index contributed by atoms with van der Waals surface area (Å²) in [6.07, 6.45) is 8.77. The number of likely N-dealkylation sites (tertiary alicyclic amines) is 1. The van der Waals surface area contributed by atoms with Crippen molar-refractivity contribution in [2.75, 3.05) is 25.0 Å². The van der Waals surface area contributed by atoms with Crippen LogP contribution in [0.5, 0.6) is 0 Å². The van der Waals surface area contributed by atoms with E-state index in [1.807, 2.05) is 17.0 Å². The van der Waals surface area contributed by atoms with Gasteiger partial charge >= 0.3 is 0 Å². The first-order valence-electron chi connectivity index (χ1n) is 10.0.